The quantitative estimate of drug-likeness (QED) is 0.770. The van der Waals surface area contributed by atoms with Crippen LogP contribution in [-0.4, -0.2) is 6.54 Å². The molecule has 1 aromatic carbocycles. The molecule has 0 radical (unpaired) electrons. The number of anilines is 1. The molecule has 0 amide bonds. The molecule has 0 aliphatic heterocycles. The standard InChI is InChI=1S/C13H17FN2/c1-10(2)4-3-7-16-12-6-5-11(9-15)13(14)8-12/h5-6,8,10,16H,3-4,7H2,1-2H3. The molecule has 0 aliphatic rings. The highest BCUT2D eigenvalue weighted by Crippen LogP contribution is 2.14. The number of halogens is 1. The Balaban J connectivity index is 2.44. The maximum atomic E-state index is 13.2. The molecule has 1 rings (SSSR count). The highest BCUT2D eigenvalue weighted by atomic mass is 19.1. The molecule has 0 spiro atoms. The van der Waals surface area contributed by atoms with Crippen molar-refractivity contribution in [3.8, 4) is 6.07 Å². The zero-order valence-electron chi connectivity index (χ0n) is 9.76. The summed E-state index contributed by atoms with van der Waals surface area (Å²) in [5, 5.41) is 11.7. The number of benzene rings is 1. The van der Waals surface area contributed by atoms with Crippen molar-refractivity contribution in [3.63, 3.8) is 0 Å². The first-order valence-corrected chi connectivity index (χ1v) is 5.57. The molecular formula is C13H17FN2. The summed E-state index contributed by atoms with van der Waals surface area (Å²) in [6, 6.07) is 6.40. The summed E-state index contributed by atoms with van der Waals surface area (Å²) in [4.78, 5) is 0. The molecule has 0 aromatic heterocycles. The largest absolute Gasteiger partial charge is 0.385 e. The van der Waals surface area contributed by atoms with Gasteiger partial charge in [-0.3, -0.25) is 0 Å². The molecule has 16 heavy (non-hydrogen) atoms. The van der Waals surface area contributed by atoms with Crippen molar-refractivity contribution in [2.75, 3.05) is 11.9 Å². The van der Waals surface area contributed by atoms with Crippen LogP contribution in [0.1, 0.15) is 32.3 Å². The van der Waals surface area contributed by atoms with Gasteiger partial charge in [0.2, 0.25) is 0 Å². The van der Waals surface area contributed by atoms with Crippen LogP contribution in [0.5, 0.6) is 0 Å². The Morgan fingerprint density at radius 2 is 2.19 bits per heavy atom. The Labute approximate surface area is 96.1 Å². The zero-order valence-corrected chi connectivity index (χ0v) is 9.76. The molecule has 1 N–H and O–H groups in total. The molecule has 0 saturated heterocycles. The van der Waals surface area contributed by atoms with Crippen LogP contribution < -0.4 is 5.32 Å². The first-order chi connectivity index (χ1) is 7.63. The molecule has 2 nitrogen and oxygen atoms in total. The fourth-order valence-corrected chi connectivity index (χ4v) is 1.46. The van der Waals surface area contributed by atoms with Crippen LogP contribution in [0.4, 0.5) is 10.1 Å². The third-order valence-electron chi connectivity index (χ3n) is 2.38. The first-order valence-electron chi connectivity index (χ1n) is 5.57. The van der Waals surface area contributed by atoms with E-state index in [2.05, 4.69) is 19.2 Å². The topological polar surface area (TPSA) is 35.8 Å². The van der Waals surface area contributed by atoms with Gasteiger partial charge in [-0.2, -0.15) is 5.26 Å². The lowest BCUT2D eigenvalue weighted by molar-refractivity contribution is 0.567. The van der Waals surface area contributed by atoms with E-state index in [4.69, 9.17) is 5.26 Å². The van der Waals surface area contributed by atoms with Gasteiger partial charge in [0.15, 0.2) is 0 Å². The van der Waals surface area contributed by atoms with Crippen LogP contribution >= 0.6 is 0 Å². The highest BCUT2D eigenvalue weighted by Gasteiger charge is 2.02. The van der Waals surface area contributed by atoms with Gasteiger partial charge in [0.1, 0.15) is 11.9 Å². The minimum atomic E-state index is -0.462. The minimum absolute atomic E-state index is 0.0905. The summed E-state index contributed by atoms with van der Waals surface area (Å²) < 4.78 is 13.2. The third kappa shape index (κ3) is 3.90. The van der Waals surface area contributed by atoms with Crippen LogP contribution in [-0.2, 0) is 0 Å². The molecule has 86 valence electrons. The van der Waals surface area contributed by atoms with Crippen molar-refractivity contribution in [1.82, 2.24) is 0 Å². The predicted octanol–water partition coefficient (Wildman–Crippen LogP) is 3.55. The Bertz CT molecular complexity index is 380. The molecule has 0 atom stereocenters. The van der Waals surface area contributed by atoms with Gasteiger partial charge in [0.05, 0.1) is 5.56 Å². The number of hydrogen-bond donors (Lipinski definition) is 1. The maximum absolute atomic E-state index is 13.2. The lowest BCUT2D eigenvalue weighted by Gasteiger charge is -2.08. The van der Waals surface area contributed by atoms with Crippen LogP contribution in [0, 0.1) is 23.1 Å². The van der Waals surface area contributed by atoms with Crippen LogP contribution in [0.3, 0.4) is 0 Å². The first kappa shape index (κ1) is 12.5. The van der Waals surface area contributed by atoms with Gasteiger partial charge in [0, 0.05) is 12.2 Å². The van der Waals surface area contributed by atoms with E-state index in [1.54, 1.807) is 12.1 Å². The Morgan fingerprint density at radius 3 is 2.75 bits per heavy atom. The van der Waals surface area contributed by atoms with E-state index in [1.165, 1.54) is 12.1 Å². The summed E-state index contributed by atoms with van der Waals surface area (Å²) in [6.07, 6.45) is 2.23. The number of nitriles is 1. The molecule has 0 aliphatic carbocycles. The number of nitrogens with one attached hydrogen (secondary N) is 1. The van der Waals surface area contributed by atoms with E-state index in [1.807, 2.05) is 0 Å². The molecule has 0 unspecified atom stereocenters. The Kier molecular flexibility index (Phi) is 4.78. The van der Waals surface area contributed by atoms with Crippen LogP contribution in [0.15, 0.2) is 18.2 Å². The predicted molar refractivity (Wildman–Crippen MR) is 63.7 cm³/mol. The monoisotopic (exact) mass is 220 g/mol. The smallest absolute Gasteiger partial charge is 0.143 e. The molecule has 1 aromatic rings. The third-order valence-corrected chi connectivity index (χ3v) is 2.38. The summed E-state index contributed by atoms with van der Waals surface area (Å²) >= 11 is 0. The number of hydrogen-bond acceptors (Lipinski definition) is 2. The van der Waals surface area contributed by atoms with Gasteiger partial charge in [0.25, 0.3) is 0 Å². The molecule has 0 bridgehead atoms. The summed E-state index contributed by atoms with van der Waals surface area (Å²) in [7, 11) is 0. The van der Waals surface area contributed by atoms with Crippen molar-refractivity contribution in [2.45, 2.75) is 26.7 Å². The van der Waals surface area contributed by atoms with E-state index < -0.39 is 5.82 Å². The van der Waals surface area contributed by atoms with Crippen molar-refractivity contribution in [1.29, 1.82) is 5.26 Å². The lowest BCUT2D eigenvalue weighted by Crippen LogP contribution is -2.03. The van der Waals surface area contributed by atoms with Crippen molar-refractivity contribution < 1.29 is 4.39 Å². The minimum Gasteiger partial charge on any atom is -0.385 e. The molecular weight excluding hydrogens is 203 g/mol. The second-order valence-corrected chi connectivity index (χ2v) is 4.27. The van der Waals surface area contributed by atoms with Gasteiger partial charge in [-0.25, -0.2) is 4.39 Å². The van der Waals surface area contributed by atoms with Gasteiger partial charge in [-0.1, -0.05) is 13.8 Å². The molecule has 0 heterocycles. The van der Waals surface area contributed by atoms with Crippen LogP contribution in [0.2, 0.25) is 0 Å². The van der Waals surface area contributed by atoms with Gasteiger partial charge >= 0.3 is 0 Å². The van der Waals surface area contributed by atoms with E-state index in [0.29, 0.717) is 5.92 Å². The summed E-state index contributed by atoms with van der Waals surface area (Å²) in [5.74, 6) is 0.232. The fourth-order valence-electron chi connectivity index (χ4n) is 1.46. The second-order valence-electron chi connectivity index (χ2n) is 4.27. The molecule has 0 saturated carbocycles. The van der Waals surface area contributed by atoms with Crippen LogP contribution in [0.25, 0.3) is 0 Å². The van der Waals surface area contributed by atoms with Gasteiger partial charge in [-0.05, 0) is 37.0 Å². The second kappa shape index (κ2) is 6.12. The fraction of sp³-hybridized carbons (Fsp3) is 0.462. The number of rotatable bonds is 5. The zero-order chi connectivity index (χ0) is 12.0. The SMILES string of the molecule is CC(C)CCCNc1ccc(C#N)c(F)c1. The molecule has 0 fully saturated rings. The Hall–Kier alpha value is -1.56. The molecule has 3 heteroatoms. The van der Waals surface area contributed by atoms with Gasteiger partial charge in [-0.15, -0.1) is 0 Å². The van der Waals surface area contributed by atoms with Crippen molar-refractivity contribution in [2.24, 2.45) is 5.92 Å². The maximum Gasteiger partial charge on any atom is 0.143 e. The average molecular weight is 220 g/mol. The van der Waals surface area contributed by atoms with E-state index in [-0.39, 0.29) is 5.56 Å². The normalized spacial score (nSPS) is 10.2. The lowest BCUT2D eigenvalue weighted by atomic mass is 10.1. The summed E-state index contributed by atoms with van der Waals surface area (Å²) in [5.41, 5.74) is 0.827. The average Bonchev–Trinajstić information content (AvgIpc) is 2.24. The van der Waals surface area contributed by atoms with E-state index in [0.717, 1.165) is 25.1 Å². The number of nitrogens with zero attached hydrogens (tertiary/aromatic N) is 1. The van der Waals surface area contributed by atoms with Gasteiger partial charge < -0.3 is 5.32 Å². The van der Waals surface area contributed by atoms with Crippen molar-refractivity contribution >= 4 is 5.69 Å². The van der Waals surface area contributed by atoms with E-state index >= 15 is 0 Å². The Morgan fingerprint density at radius 1 is 1.44 bits per heavy atom. The highest BCUT2D eigenvalue weighted by molar-refractivity contribution is 5.47. The van der Waals surface area contributed by atoms with Crippen molar-refractivity contribution in [3.05, 3.63) is 29.6 Å². The summed E-state index contributed by atoms with van der Waals surface area (Å²) in [6.45, 7) is 5.20. The van der Waals surface area contributed by atoms with E-state index in [9.17, 15) is 4.39 Å².